The van der Waals surface area contributed by atoms with Crippen molar-refractivity contribution in [3.8, 4) is 0 Å². The van der Waals surface area contributed by atoms with Gasteiger partial charge in [-0.3, -0.25) is 0 Å². The summed E-state index contributed by atoms with van der Waals surface area (Å²) >= 11 is 1.51. The van der Waals surface area contributed by atoms with Crippen LogP contribution in [0.2, 0.25) is 0 Å². The van der Waals surface area contributed by atoms with Gasteiger partial charge >= 0.3 is 0 Å². The average Bonchev–Trinajstić information content (AvgIpc) is 2.66. The van der Waals surface area contributed by atoms with Gasteiger partial charge in [-0.05, 0) is 30.9 Å². The van der Waals surface area contributed by atoms with Crippen LogP contribution in [-0.4, -0.2) is 16.1 Å². The molecule has 0 aliphatic heterocycles. The molecular formula is C11H19N3S. The second-order valence-electron chi connectivity index (χ2n) is 3.47. The number of nitrogens with zero attached hydrogens (tertiary/aromatic N) is 2. The van der Waals surface area contributed by atoms with Gasteiger partial charge < -0.3 is 5.32 Å². The molecule has 3 nitrogen and oxygen atoms in total. The van der Waals surface area contributed by atoms with Crippen LogP contribution in [0.15, 0.2) is 12.7 Å². The Labute approximate surface area is 95.8 Å². The molecule has 1 unspecified atom stereocenters. The van der Waals surface area contributed by atoms with Crippen molar-refractivity contribution in [1.82, 2.24) is 14.9 Å². The zero-order valence-corrected chi connectivity index (χ0v) is 10.3. The zero-order valence-electron chi connectivity index (χ0n) is 9.49. The summed E-state index contributed by atoms with van der Waals surface area (Å²) in [6.07, 6.45) is 5.02. The van der Waals surface area contributed by atoms with Gasteiger partial charge in [-0.25, -0.2) is 0 Å². The maximum Gasteiger partial charge on any atom is 0.0803 e. The summed E-state index contributed by atoms with van der Waals surface area (Å²) in [6.45, 7) is 9.03. The van der Waals surface area contributed by atoms with E-state index in [0.29, 0.717) is 6.04 Å². The van der Waals surface area contributed by atoms with E-state index in [1.54, 1.807) is 0 Å². The Bertz CT molecular complexity index is 296. The van der Waals surface area contributed by atoms with Gasteiger partial charge in [0.25, 0.3) is 0 Å². The standard InChI is InChI=1S/C11H19N3S/c1-4-7-9(12-6-3)11-10(8-5-2)13-14-15-11/h4,9,12H,1,5-8H2,2-3H3. The highest BCUT2D eigenvalue weighted by molar-refractivity contribution is 7.05. The van der Waals surface area contributed by atoms with Crippen molar-refractivity contribution < 1.29 is 0 Å². The molecule has 1 aromatic rings. The van der Waals surface area contributed by atoms with Crippen LogP contribution in [0.3, 0.4) is 0 Å². The summed E-state index contributed by atoms with van der Waals surface area (Å²) < 4.78 is 4.04. The Morgan fingerprint density at radius 1 is 1.53 bits per heavy atom. The van der Waals surface area contributed by atoms with E-state index in [1.165, 1.54) is 16.4 Å². The molecule has 0 amide bonds. The number of hydrogen-bond donors (Lipinski definition) is 1. The van der Waals surface area contributed by atoms with E-state index in [2.05, 4.69) is 35.3 Å². The lowest BCUT2D eigenvalue weighted by Crippen LogP contribution is -2.20. The fourth-order valence-electron chi connectivity index (χ4n) is 1.59. The van der Waals surface area contributed by atoms with Crippen molar-refractivity contribution in [2.24, 2.45) is 0 Å². The van der Waals surface area contributed by atoms with Gasteiger partial charge in [0, 0.05) is 6.04 Å². The van der Waals surface area contributed by atoms with Gasteiger partial charge in [0.2, 0.25) is 0 Å². The monoisotopic (exact) mass is 225 g/mol. The maximum absolute atomic E-state index is 4.19. The normalized spacial score (nSPS) is 12.7. The second kappa shape index (κ2) is 6.69. The smallest absolute Gasteiger partial charge is 0.0803 e. The molecule has 1 N–H and O–H groups in total. The fraction of sp³-hybridized carbons (Fsp3) is 0.636. The van der Waals surface area contributed by atoms with Crippen LogP contribution in [0.4, 0.5) is 0 Å². The Kier molecular flexibility index (Phi) is 5.50. The van der Waals surface area contributed by atoms with E-state index in [-0.39, 0.29) is 0 Å². The molecule has 0 saturated carbocycles. The topological polar surface area (TPSA) is 37.8 Å². The molecule has 1 atom stereocenters. The predicted molar refractivity (Wildman–Crippen MR) is 65.1 cm³/mol. The number of rotatable bonds is 7. The molecule has 15 heavy (non-hydrogen) atoms. The van der Waals surface area contributed by atoms with Crippen LogP contribution in [0.5, 0.6) is 0 Å². The van der Waals surface area contributed by atoms with E-state index >= 15 is 0 Å². The minimum atomic E-state index is 0.342. The first kappa shape index (κ1) is 12.3. The SMILES string of the molecule is C=CCC(NCC)c1snnc1CCC. The fourth-order valence-corrected chi connectivity index (χ4v) is 2.37. The molecule has 0 radical (unpaired) electrons. The minimum absolute atomic E-state index is 0.342. The molecule has 0 spiro atoms. The van der Waals surface area contributed by atoms with Gasteiger partial charge in [-0.2, -0.15) is 0 Å². The second-order valence-corrected chi connectivity index (χ2v) is 4.25. The summed E-state index contributed by atoms with van der Waals surface area (Å²) in [7, 11) is 0. The third-order valence-corrected chi connectivity index (χ3v) is 3.12. The van der Waals surface area contributed by atoms with Crippen LogP contribution >= 0.6 is 11.5 Å². The Morgan fingerprint density at radius 2 is 2.33 bits per heavy atom. The summed E-state index contributed by atoms with van der Waals surface area (Å²) in [5.41, 5.74) is 1.15. The highest BCUT2D eigenvalue weighted by Crippen LogP contribution is 2.24. The van der Waals surface area contributed by atoms with Crippen molar-refractivity contribution in [3.63, 3.8) is 0 Å². The maximum atomic E-state index is 4.19. The molecule has 0 saturated heterocycles. The van der Waals surface area contributed by atoms with E-state index in [0.717, 1.165) is 31.5 Å². The van der Waals surface area contributed by atoms with Gasteiger partial charge in [-0.15, -0.1) is 11.7 Å². The van der Waals surface area contributed by atoms with Crippen LogP contribution in [0.25, 0.3) is 0 Å². The van der Waals surface area contributed by atoms with Crippen molar-refractivity contribution in [3.05, 3.63) is 23.2 Å². The number of aromatic nitrogens is 2. The lowest BCUT2D eigenvalue weighted by atomic mass is 10.1. The average molecular weight is 225 g/mol. The summed E-state index contributed by atoms with van der Waals surface area (Å²) in [6, 6.07) is 0.342. The Balaban J connectivity index is 2.78. The molecule has 1 rings (SSSR count). The molecular weight excluding hydrogens is 206 g/mol. The molecule has 84 valence electrons. The largest absolute Gasteiger partial charge is 0.309 e. The lowest BCUT2D eigenvalue weighted by Gasteiger charge is -2.14. The van der Waals surface area contributed by atoms with Gasteiger partial charge in [0.15, 0.2) is 0 Å². The predicted octanol–water partition coefficient (Wildman–Crippen LogP) is 2.72. The summed E-state index contributed by atoms with van der Waals surface area (Å²) in [4.78, 5) is 1.28. The van der Waals surface area contributed by atoms with Crippen molar-refractivity contribution >= 4 is 11.5 Å². The summed E-state index contributed by atoms with van der Waals surface area (Å²) in [5, 5.41) is 7.63. The number of hydrogen-bond acceptors (Lipinski definition) is 4. The van der Waals surface area contributed by atoms with Gasteiger partial charge in [0.05, 0.1) is 10.6 Å². The first-order valence-corrected chi connectivity index (χ1v) is 6.26. The highest BCUT2D eigenvalue weighted by atomic mass is 32.1. The summed E-state index contributed by atoms with van der Waals surface area (Å²) in [5.74, 6) is 0. The van der Waals surface area contributed by atoms with Crippen LogP contribution in [-0.2, 0) is 6.42 Å². The molecule has 4 heteroatoms. The van der Waals surface area contributed by atoms with E-state index in [1.807, 2.05) is 6.08 Å². The van der Waals surface area contributed by atoms with Crippen LogP contribution in [0.1, 0.15) is 43.3 Å². The Hall–Kier alpha value is -0.740. The minimum Gasteiger partial charge on any atom is -0.309 e. The molecule has 0 aliphatic rings. The van der Waals surface area contributed by atoms with Gasteiger partial charge in [-0.1, -0.05) is 30.8 Å². The van der Waals surface area contributed by atoms with Crippen molar-refractivity contribution in [2.75, 3.05) is 6.54 Å². The van der Waals surface area contributed by atoms with Gasteiger partial charge in [0.1, 0.15) is 0 Å². The lowest BCUT2D eigenvalue weighted by molar-refractivity contribution is 0.561. The van der Waals surface area contributed by atoms with Crippen LogP contribution < -0.4 is 5.32 Å². The molecule has 0 fully saturated rings. The third-order valence-electron chi connectivity index (χ3n) is 2.24. The molecule has 1 aromatic heterocycles. The quantitative estimate of drug-likeness (QED) is 0.725. The first-order chi connectivity index (χ1) is 7.33. The Morgan fingerprint density at radius 3 is 2.93 bits per heavy atom. The van der Waals surface area contributed by atoms with E-state index in [9.17, 15) is 0 Å². The first-order valence-electron chi connectivity index (χ1n) is 5.48. The third kappa shape index (κ3) is 3.39. The molecule has 1 heterocycles. The molecule has 0 aromatic carbocycles. The molecule has 0 bridgehead atoms. The highest BCUT2D eigenvalue weighted by Gasteiger charge is 2.16. The van der Waals surface area contributed by atoms with Crippen molar-refractivity contribution in [1.29, 1.82) is 0 Å². The zero-order chi connectivity index (χ0) is 11.1. The molecule has 0 aliphatic carbocycles. The number of nitrogens with one attached hydrogen (secondary N) is 1. The van der Waals surface area contributed by atoms with Crippen LogP contribution in [0, 0.1) is 0 Å². The van der Waals surface area contributed by atoms with E-state index in [4.69, 9.17) is 0 Å². The van der Waals surface area contributed by atoms with Crippen molar-refractivity contribution in [2.45, 2.75) is 39.2 Å². The van der Waals surface area contributed by atoms with E-state index < -0.39 is 0 Å². The number of aryl methyl sites for hydroxylation is 1.